The average Bonchev–Trinajstić information content (AvgIpc) is 2.52. The molecule has 136 valence electrons. The van der Waals surface area contributed by atoms with Crippen molar-refractivity contribution < 1.29 is 9.53 Å². The molecule has 8 heteroatoms. The fourth-order valence-corrected chi connectivity index (χ4v) is 2.06. The summed E-state index contributed by atoms with van der Waals surface area (Å²) >= 11 is 6.02. The number of aliphatic imine (C=N–C) groups is 1. The lowest BCUT2D eigenvalue weighted by molar-refractivity contribution is -0.127. The summed E-state index contributed by atoms with van der Waals surface area (Å²) in [6.45, 7) is 3.28. The van der Waals surface area contributed by atoms with Gasteiger partial charge in [0.15, 0.2) is 5.96 Å². The van der Waals surface area contributed by atoms with Crippen LogP contribution in [0.1, 0.15) is 18.6 Å². The fraction of sp³-hybridized carbons (Fsp3) is 0.500. The number of hydrogen-bond donors (Lipinski definition) is 2. The molecular weight excluding hydrogens is 443 g/mol. The minimum atomic E-state index is -0.165. The number of methoxy groups -OCH3 is 1. The third kappa shape index (κ3) is 8.16. The van der Waals surface area contributed by atoms with E-state index in [1.165, 1.54) is 4.90 Å². The van der Waals surface area contributed by atoms with Gasteiger partial charge in [0.25, 0.3) is 0 Å². The molecule has 0 aliphatic carbocycles. The summed E-state index contributed by atoms with van der Waals surface area (Å²) in [5.74, 6) is 0.520. The minimum absolute atomic E-state index is 0. The number of guanidine groups is 1. The third-order valence-corrected chi connectivity index (χ3v) is 3.41. The molecule has 1 amide bonds. The van der Waals surface area contributed by atoms with Crippen LogP contribution in [0.15, 0.2) is 29.3 Å². The summed E-state index contributed by atoms with van der Waals surface area (Å²) in [4.78, 5) is 17.4. The van der Waals surface area contributed by atoms with E-state index in [1.807, 2.05) is 31.2 Å². The Morgan fingerprint density at radius 2 is 2.08 bits per heavy atom. The van der Waals surface area contributed by atoms with E-state index in [0.29, 0.717) is 24.1 Å². The average molecular weight is 469 g/mol. The second-order valence-electron chi connectivity index (χ2n) is 5.14. The van der Waals surface area contributed by atoms with Crippen molar-refractivity contribution in [2.75, 3.05) is 40.8 Å². The number of amides is 1. The third-order valence-electron chi connectivity index (χ3n) is 3.18. The largest absolute Gasteiger partial charge is 0.375 e. The monoisotopic (exact) mass is 468 g/mol. The Labute approximate surface area is 166 Å². The van der Waals surface area contributed by atoms with E-state index in [9.17, 15) is 4.79 Å². The van der Waals surface area contributed by atoms with Crippen molar-refractivity contribution in [3.63, 3.8) is 0 Å². The van der Waals surface area contributed by atoms with Crippen molar-refractivity contribution >= 4 is 47.4 Å². The summed E-state index contributed by atoms with van der Waals surface area (Å²) in [6, 6.07) is 7.54. The van der Waals surface area contributed by atoms with Crippen LogP contribution in [0.5, 0.6) is 0 Å². The van der Waals surface area contributed by atoms with Gasteiger partial charge in [-0.15, -0.1) is 24.0 Å². The van der Waals surface area contributed by atoms with Gasteiger partial charge in [0.05, 0.1) is 6.10 Å². The van der Waals surface area contributed by atoms with E-state index < -0.39 is 0 Å². The van der Waals surface area contributed by atoms with Crippen LogP contribution in [0.25, 0.3) is 0 Å². The molecule has 1 atom stereocenters. The molecule has 2 N–H and O–H groups in total. The fourth-order valence-electron chi connectivity index (χ4n) is 1.86. The van der Waals surface area contributed by atoms with Crippen LogP contribution in [0.2, 0.25) is 5.02 Å². The van der Waals surface area contributed by atoms with Crippen LogP contribution in [0, 0.1) is 0 Å². The van der Waals surface area contributed by atoms with Crippen LogP contribution in [0.3, 0.4) is 0 Å². The molecule has 0 saturated carbocycles. The number of hydrogen-bond acceptors (Lipinski definition) is 3. The van der Waals surface area contributed by atoms with E-state index in [1.54, 1.807) is 21.2 Å². The Morgan fingerprint density at radius 3 is 2.62 bits per heavy atom. The van der Waals surface area contributed by atoms with Crippen LogP contribution in [-0.2, 0) is 9.53 Å². The Kier molecular flexibility index (Phi) is 11.8. The first-order valence-corrected chi connectivity index (χ1v) is 7.86. The normalized spacial score (nSPS) is 12.1. The zero-order valence-corrected chi connectivity index (χ0v) is 17.6. The molecular formula is C16H26ClIN4O2. The lowest BCUT2D eigenvalue weighted by Gasteiger charge is -2.19. The number of benzene rings is 1. The van der Waals surface area contributed by atoms with Gasteiger partial charge >= 0.3 is 0 Å². The zero-order chi connectivity index (χ0) is 17.2. The molecule has 0 aromatic heterocycles. The van der Waals surface area contributed by atoms with Crippen molar-refractivity contribution in [2.45, 2.75) is 13.0 Å². The molecule has 1 rings (SSSR count). The van der Waals surface area contributed by atoms with Crippen LogP contribution >= 0.6 is 35.6 Å². The summed E-state index contributed by atoms with van der Waals surface area (Å²) in [7, 11) is 5.06. The van der Waals surface area contributed by atoms with Crippen molar-refractivity contribution in [3.8, 4) is 0 Å². The van der Waals surface area contributed by atoms with E-state index >= 15 is 0 Å². The van der Waals surface area contributed by atoms with Crippen molar-refractivity contribution in [2.24, 2.45) is 4.99 Å². The molecule has 0 bridgehead atoms. The van der Waals surface area contributed by atoms with Crippen molar-refractivity contribution in [3.05, 3.63) is 34.9 Å². The van der Waals surface area contributed by atoms with E-state index in [0.717, 1.165) is 5.56 Å². The van der Waals surface area contributed by atoms with Crippen molar-refractivity contribution in [1.29, 1.82) is 0 Å². The molecule has 24 heavy (non-hydrogen) atoms. The first-order valence-electron chi connectivity index (χ1n) is 7.48. The smallest absolute Gasteiger partial charge is 0.243 e. The number of carbonyl (C=O) groups is 1. The number of nitrogens with zero attached hydrogens (tertiary/aromatic N) is 2. The topological polar surface area (TPSA) is 66.0 Å². The van der Waals surface area contributed by atoms with Gasteiger partial charge in [-0.3, -0.25) is 4.79 Å². The second kappa shape index (κ2) is 12.3. The molecule has 0 radical (unpaired) electrons. The minimum Gasteiger partial charge on any atom is -0.375 e. The van der Waals surface area contributed by atoms with E-state index in [4.69, 9.17) is 16.3 Å². The number of carbonyl (C=O) groups excluding carboxylic acids is 1. The SMILES string of the molecule is CCNC(=NCC(=O)N(C)C)NCC(OC)c1cccc(Cl)c1.I. The molecule has 0 fully saturated rings. The Balaban J connectivity index is 0.00000529. The molecule has 1 aromatic rings. The second-order valence-corrected chi connectivity index (χ2v) is 5.58. The van der Waals surface area contributed by atoms with E-state index in [2.05, 4.69) is 15.6 Å². The lowest BCUT2D eigenvalue weighted by Crippen LogP contribution is -2.40. The molecule has 0 saturated heterocycles. The Morgan fingerprint density at radius 1 is 1.38 bits per heavy atom. The highest BCUT2D eigenvalue weighted by Crippen LogP contribution is 2.19. The maximum atomic E-state index is 11.6. The molecule has 0 heterocycles. The highest BCUT2D eigenvalue weighted by atomic mass is 127. The maximum Gasteiger partial charge on any atom is 0.243 e. The summed E-state index contributed by atoms with van der Waals surface area (Å²) in [6.07, 6.45) is -0.165. The first-order chi connectivity index (χ1) is 11.0. The van der Waals surface area contributed by atoms with Gasteiger partial charge in [-0.05, 0) is 24.6 Å². The first kappa shape index (κ1) is 22.9. The molecule has 1 unspecified atom stereocenters. The van der Waals surface area contributed by atoms with Gasteiger partial charge in [0.2, 0.25) is 5.91 Å². The number of likely N-dealkylation sites (N-methyl/N-ethyl adjacent to an activating group) is 1. The zero-order valence-electron chi connectivity index (χ0n) is 14.5. The predicted molar refractivity (Wildman–Crippen MR) is 109 cm³/mol. The van der Waals surface area contributed by atoms with Crippen LogP contribution in [0.4, 0.5) is 0 Å². The molecule has 0 aliphatic heterocycles. The molecule has 0 aliphatic rings. The standard InChI is InChI=1S/C16H25ClN4O2.HI/c1-5-18-16(20-11-15(22)21(2)3)19-10-14(23-4)12-7-6-8-13(17)9-12;/h6-9,14H,5,10-11H2,1-4H3,(H2,18,19,20);1H. The summed E-state index contributed by atoms with van der Waals surface area (Å²) < 4.78 is 5.50. The lowest BCUT2D eigenvalue weighted by atomic mass is 10.1. The van der Waals surface area contributed by atoms with E-state index in [-0.39, 0.29) is 42.5 Å². The van der Waals surface area contributed by atoms with Crippen LogP contribution in [-0.4, -0.2) is 57.6 Å². The number of halogens is 2. The maximum absolute atomic E-state index is 11.6. The Bertz CT molecular complexity index is 541. The number of nitrogens with one attached hydrogen (secondary N) is 2. The van der Waals surface area contributed by atoms with Gasteiger partial charge in [0.1, 0.15) is 6.54 Å². The van der Waals surface area contributed by atoms with Gasteiger partial charge in [-0.25, -0.2) is 4.99 Å². The molecule has 0 spiro atoms. The van der Waals surface area contributed by atoms with Crippen LogP contribution < -0.4 is 10.6 Å². The number of rotatable bonds is 7. The Hall–Kier alpha value is -1.06. The van der Waals surface area contributed by atoms with Gasteiger partial charge < -0.3 is 20.3 Å². The summed E-state index contributed by atoms with van der Waals surface area (Å²) in [5.41, 5.74) is 0.979. The van der Waals surface area contributed by atoms with Gasteiger partial charge in [-0.2, -0.15) is 0 Å². The number of ether oxygens (including phenoxy) is 1. The summed E-state index contributed by atoms with van der Waals surface area (Å²) in [5, 5.41) is 6.96. The molecule has 1 aromatic carbocycles. The highest BCUT2D eigenvalue weighted by molar-refractivity contribution is 14.0. The van der Waals surface area contributed by atoms with Crippen molar-refractivity contribution in [1.82, 2.24) is 15.5 Å². The quantitative estimate of drug-likeness (QED) is 0.366. The van der Waals surface area contributed by atoms with Gasteiger partial charge in [0, 0.05) is 39.3 Å². The predicted octanol–water partition coefficient (Wildman–Crippen LogP) is 2.29. The van der Waals surface area contributed by atoms with Gasteiger partial charge in [-0.1, -0.05) is 23.7 Å². The molecule has 6 nitrogen and oxygen atoms in total. The highest BCUT2D eigenvalue weighted by Gasteiger charge is 2.12.